The third kappa shape index (κ3) is 3.35. The fourth-order valence-corrected chi connectivity index (χ4v) is 2.84. The minimum Gasteiger partial charge on any atom is -0.377 e. The maximum atomic E-state index is 10.6. The third-order valence-corrected chi connectivity index (χ3v) is 3.83. The van der Waals surface area contributed by atoms with Crippen LogP contribution in [0, 0.1) is 0 Å². The van der Waals surface area contributed by atoms with Gasteiger partial charge >= 0.3 is 0 Å². The van der Waals surface area contributed by atoms with Gasteiger partial charge in [0.05, 0.1) is 6.10 Å². The molecule has 0 saturated carbocycles. The lowest BCUT2D eigenvalue weighted by atomic mass is 10.1. The first-order valence-electron chi connectivity index (χ1n) is 5.68. The molecule has 0 N–H and O–H groups in total. The standard InChI is InChI=1S/C13H16O2S/c14-9-11-4-3-6-13(8-11)16-10-12-5-1-2-7-15-12/h3-4,6,8-9,12H,1-2,5,7,10H2. The predicted molar refractivity (Wildman–Crippen MR) is 66.1 cm³/mol. The number of hydrogen-bond donors (Lipinski definition) is 0. The Morgan fingerprint density at radius 3 is 3.12 bits per heavy atom. The Bertz CT molecular complexity index is 346. The van der Waals surface area contributed by atoms with Crippen molar-refractivity contribution in [2.75, 3.05) is 12.4 Å². The highest BCUT2D eigenvalue weighted by molar-refractivity contribution is 7.99. The largest absolute Gasteiger partial charge is 0.377 e. The zero-order chi connectivity index (χ0) is 11.2. The summed E-state index contributed by atoms with van der Waals surface area (Å²) in [6.45, 7) is 0.902. The highest BCUT2D eigenvalue weighted by Crippen LogP contribution is 2.23. The molecule has 2 nitrogen and oxygen atoms in total. The Labute approximate surface area is 100 Å². The van der Waals surface area contributed by atoms with Crippen LogP contribution in [0.4, 0.5) is 0 Å². The van der Waals surface area contributed by atoms with Crippen LogP contribution in [0.25, 0.3) is 0 Å². The third-order valence-electron chi connectivity index (χ3n) is 2.70. The van der Waals surface area contributed by atoms with Crippen LogP contribution in [0.3, 0.4) is 0 Å². The topological polar surface area (TPSA) is 26.3 Å². The molecule has 1 aliphatic rings. The molecule has 1 fully saturated rings. The number of ether oxygens (including phenoxy) is 1. The molecule has 0 aromatic heterocycles. The lowest BCUT2D eigenvalue weighted by Crippen LogP contribution is -2.21. The summed E-state index contributed by atoms with van der Waals surface area (Å²) >= 11 is 1.77. The fourth-order valence-electron chi connectivity index (χ4n) is 1.81. The van der Waals surface area contributed by atoms with E-state index in [1.165, 1.54) is 19.3 Å². The number of benzene rings is 1. The van der Waals surface area contributed by atoms with E-state index in [0.717, 1.165) is 29.1 Å². The van der Waals surface area contributed by atoms with E-state index in [-0.39, 0.29) is 0 Å². The molecule has 0 spiro atoms. The molecule has 2 rings (SSSR count). The molecule has 1 unspecified atom stereocenters. The van der Waals surface area contributed by atoms with E-state index in [0.29, 0.717) is 6.10 Å². The highest BCUT2D eigenvalue weighted by atomic mass is 32.2. The SMILES string of the molecule is O=Cc1cccc(SCC2CCCCO2)c1. The summed E-state index contributed by atoms with van der Waals surface area (Å²) in [4.78, 5) is 11.8. The summed E-state index contributed by atoms with van der Waals surface area (Å²) in [5.74, 6) is 0.988. The van der Waals surface area contributed by atoms with E-state index in [9.17, 15) is 4.79 Å². The average Bonchev–Trinajstić information content (AvgIpc) is 2.38. The van der Waals surface area contributed by atoms with Crippen LogP contribution in [0.15, 0.2) is 29.2 Å². The Morgan fingerprint density at radius 2 is 2.38 bits per heavy atom. The number of aldehydes is 1. The molecule has 1 aromatic carbocycles. The van der Waals surface area contributed by atoms with Crippen molar-refractivity contribution in [2.24, 2.45) is 0 Å². The van der Waals surface area contributed by atoms with Crippen LogP contribution >= 0.6 is 11.8 Å². The second-order valence-electron chi connectivity index (χ2n) is 3.99. The van der Waals surface area contributed by atoms with Gasteiger partial charge in [0.1, 0.15) is 6.29 Å². The highest BCUT2D eigenvalue weighted by Gasteiger charge is 2.13. The summed E-state index contributed by atoms with van der Waals surface area (Å²) < 4.78 is 5.67. The monoisotopic (exact) mass is 236 g/mol. The Hall–Kier alpha value is -0.800. The van der Waals surface area contributed by atoms with E-state index in [1.54, 1.807) is 11.8 Å². The summed E-state index contributed by atoms with van der Waals surface area (Å²) in [6, 6.07) is 7.73. The molecule has 0 radical (unpaired) electrons. The van der Waals surface area contributed by atoms with Crippen molar-refractivity contribution >= 4 is 18.0 Å². The summed E-state index contributed by atoms with van der Waals surface area (Å²) in [7, 11) is 0. The lowest BCUT2D eigenvalue weighted by Gasteiger charge is -2.22. The number of rotatable bonds is 4. The van der Waals surface area contributed by atoms with Gasteiger partial charge < -0.3 is 4.74 Å². The first kappa shape index (κ1) is 11.7. The smallest absolute Gasteiger partial charge is 0.150 e. The number of thioether (sulfide) groups is 1. The van der Waals surface area contributed by atoms with E-state index >= 15 is 0 Å². The molecule has 1 heterocycles. The maximum Gasteiger partial charge on any atom is 0.150 e. The number of hydrogen-bond acceptors (Lipinski definition) is 3. The van der Waals surface area contributed by atoms with Crippen LogP contribution in [-0.2, 0) is 4.74 Å². The van der Waals surface area contributed by atoms with E-state index in [4.69, 9.17) is 4.74 Å². The summed E-state index contributed by atoms with van der Waals surface area (Å²) in [5, 5.41) is 0. The summed E-state index contributed by atoms with van der Waals surface area (Å²) in [5.41, 5.74) is 0.745. The zero-order valence-electron chi connectivity index (χ0n) is 9.22. The van der Waals surface area contributed by atoms with Crippen molar-refractivity contribution in [1.82, 2.24) is 0 Å². The van der Waals surface area contributed by atoms with Crippen molar-refractivity contribution in [2.45, 2.75) is 30.3 Å². The number of carbonyl (C=O) groups is 1. The summed E-state index contributed by atoms with van der Waals surface area (Å²) in [6.07, 6.45) is 4.92. The lowest BCUT2D eigenvalue weighted by molar-refractivity contribution is 0.0315. The van der Waals surface area contributed by atoms with Gasteiger partial charge in [0.25, 0.3) is 0 Å². The van der Waals surface area contributed by atoms with Gasteiger partial charge in [0.2, 0.25) is 0 Å². The van der Waals surface area contributed by atoms with Gasteiger partial charge in [-0.3, -0.25) is 4.79 Å². The Kier molecular flexibility index (Phi) is 4.43. The first-order chi connectivity index (χ1) is 7.88. The van der Waals surface area contributed by atoms with E-state index in [2.05, 4.69) is 0 Å². The molecule has 3 heteroatoms. The molecule has 0 aliphatic carbocycles. The second kappa shape index (κ2) is 6.06. The first-order valence-corrected chi connectivity index (χ1v) is 6.67. The van der Waals surface area contributed by atoms with Crippen LogP contribution in [0.1, 0.15) is 29.6 Å². The fraction of sp³-hybridized carbons (Fsp3) is 0.462. The molecule has 86 valence electrons. The quantitative estimate of drug-likeness (QED) is 0.593. The molecule has 16 heavy (non-hydrogen) atoms. The molecular weight excluding hydrogens is 220 g/mol. The average molecular weight is 236 g/mol. The molecule has 1 aliphatic heterocycles. The molecule has 1 aromatic rings. The minimum atomic E-state index is 0.388. The Balaban J connectivity index is 1.85. The normalized spacial score (nSPS) is 20.6. The second-order valence-corrected chi connectivity index (χ2v) is 5.08. The molecule has 1 saturated heterocycles. The van der Waals surface area contributed by atoms with Crippen molar-refractivity contribution in [1.29, 1.82) is 0 Å². The molecule has 0 bridgehead atoms. The number of carbonyl (C=O) groups excluding carboxylic acids is 1. The van der Waals surface area contributed by atoms with Crippen LogP contribution in [0.5, 0.6) is 0 Å². The zero-order valence-corrected chi connectivity index (χ0v) is 10.0. The van der Waals surface area contributed by atoms with Crippen molar-refractivity contribution < 1.29 is 9.53 Å². The van der Waals surface area contributed by atoms with Gasteiger partial charge in [-0.05, 0) is 31.4 Å². The van der Waals surface area contributed by atoms with E-state index in [1.807, 2.05) is 24.3 Å². The Morgan fingerprint density at radius 1 is 1.44 bits per heavy atom. The van der Waals surface area contributed by atoms with Gasteiger partial charge in [-0.15, -0.1) is 11.8 Å². The minimum absolute atomic E-state index is 0.388. The van der Waals surface area contributed by atoms with Crippen molar-refractivity contribution in [3.05, 3.63) is 29.8 Å². The van der Waals surface area contributed by atoms with Gasteiger partial charge in [0, 0.05) is 22.8 Å². The van der Waals surface area contributed by atoms with Gasteiger partial charge in [-0.2, -0.15) is 0 Å². The van der Waals surface area contributed by atoms with E-state index < -0.39 is 0 Å². The molecule has 0 amide bonds. The van der Waals surface area contributed by atoms with Crippen LogP contribution < -0.4 is 0 Å². The van der Waals surface area contributed by atoms with Gasteiger partial charge in [-0.25, -0.2) is 0 Å². The van der Waals surface area contributed by atoms with Gasteiger partial charge in [0.15, 0.2) is 0 Å². The molecular formula is C13H16O2S. The molecule has 1 atom stereocenters. The van der Waals surface area contributed by atoms with Crippen LogP contribution in [0.2, 0.25) is 0 Å². The predicted octanol–water partition coefficient (Wildman–Crippen LogP) is 3.16. The van der Waals surface area contributed by atoms with Crippen molar-refractivity contribution in [3.63, 3.8) is 0 Å². The van der Waals surface area contributed by atoms with Crippen molar-refractivity contribution in [3.8, 4) is 0 Å². The van der Waals surface area contributed by atoms with Gasteiger partial charge in [-0.1, -0.05) is 12.1 Å². The van der Waals surface area contributed by atoms with Crippen LogP contribution in [-0.4, -0.2) is 24.7 Å². The maximum absolute atomic E-state index is 10.6.